The van der Waals surface area contributed by atoms with Crippen LogP contribution in [0, 0.1) is 11.3 Å². The molecule has 0 spiro atoms. The molecule has 36 heavy (non-hydrogen) atoms. The first-order valence-electron chi connectivity index (χ1n) is 12.1. The highest BCUT2D eigenvalue weighted by Gasteiger charge is 2.26. The maximum Gasteiger partial charge on any atom is 0.270 e. The van der Waals surface area contributed by atoms with E-state index in [0.717, 1.165) is 35.7 Å². The second-order valence-corrected chi connectivity index (χ2v) is 9.16. The highest BCUT2D eigenvalue weighted by Crippen LogP contribution is 2.27. The van der Waals surface area contributed by atoms with Crippen LogP contribution in [0.25, 0.3) is 10.9 Å². The molecule has 9 nitrogen and oxygen atoms in total. The quantitative estimate of drug-likeness (QED) is 0.188. The Hall–Kier alpha value is -4.11. The van der Waals surface area contributed by atoms with Crippen LogP contribution in [0.4, 0.5) is 5.69 Å². The summed E-state index contributed by atoms with van der Waals surface area (Å²) in [7, 11) is 0. The summed E-state index contributed by atoms with van der Waals surface area (Å²) in [4.78, 5) is 27.5. The van der Waals surface area contributed by atoms with Crippen molar-refractivity contribution in [1.82, 2.24) is 9.47 Å². The Morgan fingerprint density at radius 1 is 1.11 bits per heavy atom. The highest BCUT2D eigenvalue weighted by molar-refractivity contribution is 6.02. The predicted octanol–water partition coefficient (Wildman–Crippen LogP) is 2.59. The maximum atomic E-state index is 13.7. The van der Waals surface area contributed by atoms with Gasteiger partial charge in [-0.3, -0.25) is 15.0 Å². The number of hydrogen-bond donors (Lipinski definition) is 5. The number of nitrogens with two attached hydrogens (primary N) is 3. The lowest BCUT2D eigenvalue weighted by atomic mass is 9.93. The van der Waals surface area contributed by atoms with Gasteiger partial charge in [-0.25, -0.2) is 0 Å². The number of nitrogens with zero attached hydrogens (tertiary/aromatic N) is 2. The van der Waals surface area contributed by atoms with E-state index in [0.29, 0.717) is 49.0 Å². The molecule has 3 aromatic rings. The summed E-state index contributed by atoms with van der Waals surface area (Å²) < 4.78 is 1.97. The number of benzene rings is 2. The first kappa shape index (κ1) is 25.0. The van der Waals surface area contributed by atoms with E-state index in [2.05, 4.69) is 5.32 Å². The monoisotopic (exact) mass is 487 g/mol. The molecule has 0 unspecified atom stereocenters. The fourth-order valence-corrected chi connectivity index (χ4v) is 4.79. The average Bonchev–Trinajstić information content (AvgIpc) is 3.22. The van der Waals surface area contributed by atoms with Crippen LogP contribution >= 0.6 is 0 Å². The zero-order valence-electron chi connectivity index (χ0n) is 20.2. The molecule has 1 aliphatic heterocycles. The van der Waals surface area contributed by atoms with E-state index in [1.165, 1.54) is 12.3 Å². The van der Waals surface area contributed by atoms with Crippen molar-refractivity contribution < 1.29 is 9.59 Å². The van der Waals surface area contributed by atoms with Gasteiger partial charge >= 0.3 is 0 Å². The van der Waals surface area contributed by atoms with Gasteiger partial charge in [0.15, 0.2) is 0 Å². The van der Waals surface area contributed by atoms with Gasteiger partial charge in [0.2, 0.25) is 5.91 Å². The van der Waals surface area contributed by atoms with Crippen LogP contribution in [0.3, 0.4) is 0 Å². The SMILES string of the molecule is N=C(N)c1ccc2cc(C(=O)N3CCC(CCN)CC3)n(Cc3cccc(NC(=O)C=CN)c3)c2c1. The van der Waals surface area contributed by atoms with Gasteiger partial charge in [0.1, 0.15) is 11.5 Å². The van der Waals surface area contributed by atoms with E-state index in [9.17, 15) is 9.59 Å². The van der Waals surface area contributed by atoms with Gasteiger partial charge in [-0.2, -0.15) is 0 Å². The molecule has 1 aromatic heterocycles. The number of piperidine rings is 1. The maximum absolute atomic E-state index is 13.7. The van der Waals surface area contributed by atoms with Crippen LogP contribution in [0.5, 0.6) is 0 Å². The van der Waals surface area contributed by atoms with Gasteiger partial charge in [-0.05, 0) is 67.8 Å². The van der Waals surface area contributed by atoms with Crippen molar-refractivity contribution in [2.45, 2.75) is 25.8 Å². The van der Waals surface area contributed by atoms with Gasteiger partial charge in [-0.15, -0.1) is 0 Å². The number of amidine groups is 1. The number of aromatic nitrogens is 1. The smallest absolute Gasteiger partial charge is 0.270 e. The Morgan fingerprint density at radius 3 is 2.58 bits per heavy atom. The number of hydrogen-bond acceptors (Lipinski definition) is 5. The fraction of sp³-hybridized carbons (Fsp3) is 0.296. The second kappa shape index (κ2) is 11.1. The molecule has 8 N–H and O–H groups in total. The number of nitrogen functional groups attached to an aromatic ring is 1. The molecule has 2 amide bonds. The zero-order valence-corrected chi connectivity index (χ0v) is 20.2. The van der Waals surface area contributed by atoms with Crippen LogP contribution < -0.4 is 22.5 Å². The lowest BCUT2D eigenvalue weighted by molar-refractivity contribution is -0.111. The number of anilines is 1. The average molecular weight is 488 g/mol. The molecule has 188 valence electrons. The Kier molecular flexibility index (Phi) is 7.70. The molecule has 0 radical (unpaired) electrons. The third kappa shape index (κ3) is 5.58. The Morgan fingerprint density at radius 2 is 1.89 bits per heavy atom. The van der Waals surface area contributed by atoms with Gasteiger partial charge in [-0.1, -0.05) is 24.3 Å². The van der Waals surface area contributed by atoms with Crippen molar-refractivity contribution >= 4 is 34.2 Å². The number of rotatable bonds is 8. The summed E-state index contributed by atoms with van der Waals surface area (Å²) in [5.41, 5.74) is 20.3. The first-order valence-corrected chi connectivity index (χ1v) is 12.1. The lowest BCUT2D eigenvalue weighted by Gasteiger charge is -2.32. The molecule has 2 heterocycles. The summed E-state index contributed by atoms with van der Waals surface area (Å²) in [6.45, 7) is 2.50. The van der Waals surface area contributed by atoms with Gasteiger partial charge in [0, 0.05) is 47.9 Å². The standard InChI is InChI=1S/C27H33N7O2/c28-10-6-18-8-12-33(13-9-18)27(36)24-15-20-4-5-21(26(30)31)16-23(20)34(24)17-19-2-1-3-22(14-19)32-25(35)7-11-29/h1-5,7,11,14-16,18H,6,8-10,12-13,17,28-29H2,(H3,30,31)(H,32,35). The van der Waals surface area contributed by atoms with E-state index in [-0.39, 0.29) is 17.6 Å². The van der Waals surface area contributed by atoms with Crippen molar-refractivity contribution in [3.63, 3.8) is 0 Å². The zero-order chi connectivity index (χ0) is 25.7. The van der Waals surface area contributed by atoms with Gasteiger partial charge in [0.25, 0.3) is 5.91 Å². The van der Waals surface area contributed by atoms with Crippen LogP contribution in [-0.2, 0) is 11.3 Å². The van der Waals surface area contributed by atoms with E-state index in [1.54, 1.807) is 12.1 Å². The van der Waals surface area contributed by atoms with Crippen molar-refractivity contribution in [1.29, 1.82) is 5.41 Å². The molecular formula is C27H33N7O2. The summed E-state index contributed by atoms with van der Waals surface area (Å²) in [5.74, 6) is 0.202. The summed E-state index contributed by atoms with van der Waals surface area (Å²) in [6.07, 6.45) is 5.34. The highest BCUT2D eigenvalue weighted by atomic mass is 16.2. The van der Waals surface area contributed by atoms with Gasteiger partial charge < -0.3 is 32.0 Å². The number of carbonyl (C=O) groups excluding carboxylic acids is 2. The second-order valence-electron chi connectivity index (χ2n) is 9.16. The fourth-order valence-electron chi connectivity index (χ4n) is 4.79. The molecule has 0 saturated carbocycles. The van der Waals surface area contributed by atoms with Crippen molar-refractivity contribution in [2.75, 3.05) is 25.0 Å². The molecule has 0 bridgehead atoms. The molecule has 2 aromatic carbocycles. The molecule has 1 aliphatic rings. The molecule has 9 heteroatoms. The molecule has 1 saturated heterocycles. The molecule has 0 atom stereocenters. The predicted molar refractivity (Wildman–Crippen MR) is 143 cm³/mol. The third-order valence-corrected chi connectivity index (χ3v) is 6.69. The summed E-state index contributed by atoms with van der Waals surface area (Å²) in [5, 5.41) is 11.5. The van der Waals surface area contributed by atoms with E-state index >= 15 is 0 Å². The number of fused-ring (bicyclic) bond motifs is 1. The minimum absolute atomic E-state index is 0.0145. The van der Waals surface area contributed by atoms with E-state index < -0.39 is 0 Å². The largest absolute Gasteiger partial charge is 0.404 e. The summed E-state index contributed by atoms with van der Waals surface area (Å²) >= 11 is 0. The van der Waals surface area contributed by atoms with Crippen molar-refractivity contribution in [3.05, 3.63) is 77.6 Å². The van der Waals surface area contributed by atoms with Crippen LogP contribution in [-0.4, -0.2) is 46.8 Å². The summed E-state index contributed by atoms with van der Waals surface area (Å²) in [6, 6.07) is 14.9. The first-order chi connectivity index (χ1) is 17.4. The van der Waals surface area contributed by atoms with Crippen molar-refractivity contribution in [2.24, 2.45) is 23.1 Å². The Balaban J connectivity index is 1.68. The minimum Gasteiger partial charge on any atom is -0.404 e. The molecule has 1 fully saturated rings. The number of nitrogens with one attached hydrogen (secondary N) is 2. The van der Waals surface area contributed by atoms with Crippen LogP contribution in [0.1, 0.15) is 40.9 Å². The van der Waals surface area contributed by atoms with E-state index in [1.807, 2.05) is 45.9 Å². The number of amides is 2. The van der Waals surface area contributed by atoms with E-state index in [4.69, 9.17) is 22.6 Å². The molecule has 0 aliphatic carbocycles. The number of likely N-dealkylation sites (tertiary alicyclic amines) is 1. The third-order valence-electron chi connectivity index (χ3n) is 6.69. The Bertz CT molecular complexity index is 1300. The van der Waals surface area contributed by atoms with Gasteiger partial charge in [0.05, 0.1) is 0 Å². The minimum atomic E-state index is -0.318. The van der Waals surface area contributed by atoms with Crippen LogP contribution in [0.15, 0.2) is 60.8 Å². The Labute approximate surface area is 210 Å². The topological polar surface area (TPSA) is 156 Å². The lowest BCUT2D eigenvalue weighted by Crippen LogP contribution is -2.39. The van der Waals surface area contributed by atoms with Crippen LogP contribution in [0.2, 0.25) is 0 Å². The molecule has 4 rings (SSSR count). The normalized spacial score (nSPS) is 14.4. The number of carbonyl (C=O) groups is 2. The molecular weight excluding hydrogens is 454 g/mol. The van der Waals surface area contributed by atoms with Crippen molar-refractivity contribution in [3.8, 4) is 0 Å².